The molecular weight excluding hydrogens is 154 g/mol. The lowest BCUT2D eigenvalue weighted by Crippen LogP contribution is -2.37. The molecule has 0 aromatic carbocycles. The van der Waals surface area contributed by atoms with E-state index in [9.17, 15) is 0 Å². The molecular formula is C9H13NS. The summed E-state index contributed by atoms with van der Waals surface area (Å²) in [4.78, 5) is 1.57. The molecule has 0 amide bonds. The van der Waals surface area contributed by atoms with Crippen LogP contribution in [-0.4, -0.2) is 13.1 Å². The molecule has 1 nitrogen and oxygen atoms in total. The van der Waals surface area contributed by atoms with E-state index in [0.717, 1.165) is 12.0 Å². The summed E-state index contributed by atoms with van der Waals surface area (Å²) in [5, 5.41) is 5.47. The van der Waals surface area contributed by atoms with Crippen molar-refractivity contribution in [3.63, 3.8) is 0 Å². The Bertz CT molecular complexity index is 211. The fourth-order valence-electron chi connectivity index (χ4n) is 1.61. The van der Waals surface area contributed by atoms with E-state index in [1.165, 1.54) is 12.8 Å². The minimum Gasteiger partial charge on any atom is -0.317 e. The van der Waals surface area contributed by atoms with Crippen molar-refractivity contribution < 1.29 is 0 Å². The molecule has 2 heteroatoms. The third kappa shape index (κ3) is 1.33. The third-order valence-electron chi connectivity index (χ3n) is 2.49. The van der Waals surface area contributed by atoms with E-state index in [-0.39, 0.29) is 0 Å². The van der Waals surface area contributed by atoms with Crippen LogP contribution in [0.5, 0.6) is 0 Å². The highest BCUT2D eigenvalue weighted by Crippen LogP contribution is 2.38. The van der Waals surface area contributed by atoms with Crippen molar-refractivity contribution >= 4 is 11.3 Å². The minimum absolute atomic E-state index is 0.780. The zero-order valence-corrected chi connectivity index (χ0v) is 7.53. The van der Waals surface area contributed by atoms with Crippen molar-refractivity contribution in [1.29, 1.82) is 0 Å². The van der Waals surface area contributed by atoms with Gasteiger partial charge in [0.05, 0.1) is 0 Å². The zero-order valence-electron chi connectivity index (χ0n) is 6.71. The Morgan fingerprint density at radius 1 is 1.55 bits per heavy atom. The molecule has 0 bridgehead atoms. The number of hydrogen-bond donors (Lipinski definition) is 1. The molecule has 60 valence electrons. The van der Waals surface area contributed by atoms with Crippen molar-refractivity contribution in [3.8, 4) is 0 Å². The first-order valence-corrected chi connectivity index (χ1v) is 4.99. The van der Waals surface area contributed by atoms with E-state index in [1.807, 2.05) is 11.3 Å². The summed E-state index contributed by atoms with van der Waals surface area (Å²) in [6.07, 6.45) is 2.66. The largest absolute Gasteiger partial charge is 0.317 e. The second-order valence-electron chi connectivity index (χ2n) is 3.17. The Hall–Kier alpha value is -0.340. The van der Waals surface area contributed by atoms with Crippen LogP contribution in [0.2, 0.25) is 0 Å². The maximum atomic E-state index is 3.30. The number of thiophene rings is 1. The molecule has 0 radical (unpaired) electrons. The van der Waals surface area contributed by atoms with Gasteiger partial charge in [-0.05, 0) is 37.3 Å². The molecule has 2 rings (SSSR count). The molecule has 0 aliphatic heterocycles. The molecule has 1 aromatic rings. The van der Waals surface area contributed by atoms with Gasteiger partial charge in [-0.25, -0.2) is 0 Å². The summed E-state index contributed by atoms with van der Waals surface area (Å²) in [7, 11) is 2.05. The highest BCUT2D eigenvalue weighted by molar-refractivity contribution is 7.10. The van der Waals surface area contributed by atoms with Crippen molar-refractivity contribution in [2.75, 3.05) is 7.05 Å². The van der Waals surface area contributed by atoms with E-state index < -0.39 is 0 Å². The highest BCUT2D eigenvalue weighted by Gasteiger charge is 2.29. The van der Waals surface area contributed by atoms with Gasteiger partial charge in [0.1, 0.15) is 0 Å². The normalized spacial score (nSPS) is 29.9. The Labute approximate surface area is 71.4 Å². The summed E-state index contributed by atoms with van der Waals surface area (Å²) < 4.78 is 0. The summed E-state index contributed by atoms with van der Waals surface area (Å²) in [6, 6.07) is 5.18. The van der Waals surface area contributed by atoms with E-state index in [1.54, 1.807) is 4.88 Å². The average molecular weight is 167 g/mol. The van der Waals surface area contributed by atoms with Crippen LogP contribution in [0, 0.1) is 0 Å². The van der Waals surface area contributed by atoms with Crippen LogP contribution >= 0.6 is 11.3 Å². The molecule has 0 spiro atoms. The molecule has 11 heavy (non-hydrogen) atoms. The Kier molecular flexibility index (Phi) is 1.96. The maximum absolute atomic E-state index is 3.30. The van der Waals surface area contributed by atoms with Crippen LogP contribution in [0.15, 0.2) is 17.5 Å². The Balaban J connectivity index is 1.92. The maximum Gasteiger partial charge on any atom is 0.00773 e. The number of hydrogen-bond acceptors (Lipinski definition) is 2. The first kappa shape index (κ1) is 7.32. The first-order chi connectivity index (χ1) is 5.40. The fraction of sp³-hybridized carbons (Fsp3) is 0.556. The molecule has 0 unspecified atom stereocenters. The van der Waals surface area contributed by atoms with Gasteiger partial charge in [-0.3, -0.25) is 0 Å². The lowest BCUT2D eigenvalue weighted by molar-refractivity contribution is 0.311. The van der Waals surface area contributed by atoms with Gasteiger partial charge in [-0.15, -0.1) is 11.3 Å². The molecule has 0 saturated heterocycles. The third-order valence-corrected chi connectivity index (χ3v) is 3.53. The van der Waals surface area contributed by atoms with Crippen LogP contribution in [0.4, 0.5) is 0 Å². The number of rotatable bonds is 2. The van der Waals surface area contributed by atoms with Gasteiger partial charge < -0.3 is 5.32 Å². The lowest BCUT2D eigenvalue weighted by Gasteiger charge is -2.34. The Morgan fingerprint density at radius 3 is 2.91 bits per heavy atom. The predicted octanol–water partition coefficient (Wildman–Crippen LogP) is 2.21. The molecule has 1 heterocycles. The average Bonchev–Trinajstić information content (AvgIpc) is 2.37. The summed E-state index contributed by atoms with van der Waals surface area (Å²) in [5.74, 6) is 0.854. The minimum atomic E-state index is 0.780. The van der Waals surface area contributed by atoms with Crippen LogP contribution in [0.1, 0.15) is 23.6 Å². The molecule has 1 saturated carbocycles. The van der Waals surface area contributed by atoms with Gasteiger partial charge >= 0.3 is 0 Å². The van der Waals surface area contributed by atoms with E-state index in [2.05, 4.69) is 29.9 Å². The zero-order chi connectivity index (χ0) is 7.68. The van der Waals surface area contributed by atoms with E-state index in [4.69, 9.17) is 0 Å². The van der Waals surface area contributed by atoms with E-state index in [0.29, 0.717) is 0 Å². The molecule has 1 fully saturated rings. The fourth-order valence-corrected chi connectivity index (χ4v) is 2.47. The topological polar surface area (TPSA) is 12.0 Å². The quantitative estimate of drug-likeness (QED) is 0.712. The molecule has 1 aliphatic rings. The summed E-state index contributed by atoms with van der Waals surface area (Å²) in [5.41, 5.74) is 0. The van der Waals surface area contributed by atoms with Crippen LogP contribution in [0.3, 0.4) is 0 Å². The SMILES string of the molecule is CNC1CC(c2cccs2)C1. The van der Waals surface area contributed by atoms with Crippen molar-refractivity contribution in [1.82, 2.24) is 5.32 Å². The molecule has 0 atom stereocenters. The van der Waals surface area contributed by atoms with E-state index >= 15 is 0 Å². The summed E-state index contributed by atoms with van der Waals surface area (Å²) in [6.45, 7) is 0. The molecule has 1 aromatic heterocycles. The highest BCUT2D eigenvalue weighted by atomic mass is 32.1. The van der Waals surface area contributed by atoms with Gasteiger partial charge in [-0.2, -0.15) is 0 Å². The second kappa shape index (κ2) is 2.95. The lowest BCUT2D eigenvalue weighted by atomic mass is 9.79. The van der Waals surface area contributed by atoms with Crippen molar-refractivity contribution in [3.05, 3.63) is 22.4 Å². The second-order valence-corrected chi connectivity index (χ2v) is 4.15. The number of nitrogens with one attached hydrogen (secondary N) is 1. The van der Waals surface area contributed by atoms with Crippen LogP contribution < -0.4 is 5.32 Å². The first-order valence-electron chi connectivity index (χ1n) is 4.11. The Morgan fingerprint density at radius 2 is 2.36 bits per heavy atom. The van der Waals surface area contributed by atoms with Gasteiger partial charge in [-0.1, -0.05) is 6.07 Å². The van der Waals surface area contributed by atoms with Crippen LogP contribution in [0.25, 0.3) is 0 Å². The van der Waals surface area contributed by atoms with Gasteiger partial charge in [0.15, 0.2) is 0 Å². The van der Waals surface area contributed by atoms with Gasteiger partial charge in [0, 0.05) is 10.9 Å². The van der Waals surface area contributed by atoms with Gasteiger partial charge in [0.2, 0.25) is 0 Å². The smallest absolute Gasteiger partial charge is 0.00773 e. The predicted molar refractivity (Wildman–Crippen MR) is 49.1 cm³/mol. The molecule has 1 aliphatic carbocycles. The standard InChI is InChI=1S/C9H13NS/c1-10-8-5-7(6-8)9-3-2-4-11-9/h2-4,7-8,10H,5-6H2,1H3. The molecule has 1 N–H and O–H groups in total. The van der Waals surface area contributed by atoms with Crippen LogP contribution in [-0.2, 0) is 0 Å². The van der Waals surface area contributed by atoms with Crippen molar-refractivity contribution in [2.24, 2.45) is 0 Å². The summed E-state index contributed by atoms with van der Waals surface area (Å²) >= 11 is 1.89. The van der Waals surface area contributed by atoms with Crippen molar-refractivity contribution in [2.45, 2.75) is 24.8 Å². The van der Waals surface area contributed by atoms with Gasteiger partial charge in [0.25, 0.3) is 0 Å². The monoisotopic (exact) mass is 167 g/mol.